The average Bonchev–Trinajstić information content (AvgIpc) is 3.45. The van der Waals surface area contributed by atoms with Crippen LogP contribution in [0.1, 0.15) is 23.1 Å². The lowest BCUT2D eigenvalue weighted by atomic mass is 9.77. The van der Waals surface area contributed by atoms with E-state index in [1.165, 1.54) is 0 Å². The Balaban J connectivity index is 1.75. The van der Waals surface area contributed by atoms with E-state index < -0.39 is 10.8 Å². The molecular weight excluding hydrogens is 442 g/mol. The van der Waals surface area contributed by atoms with E-state index in [4.69, 9.17) is 9.47 Å². The molecule has 5 heteroatoms. The van der Waals surface area contributed by atoms with E-state index in [-0.39, 0.29) is 5.91 Å². The normalized spacial score (nSPS) is 20.9. The summed E-state index contributed by atoms with van der Waals surface area (Å²) in [5.74, 6) is 1.75. The van der Waals surface area contributed by atoms with Gasteiger partial charge in [0.25, 0.3) is 0 Å². The van der Waals surface area contributed by atoms with Crippen molar-refractivity contribution in [1.29, 1.82) is 0 Å². The second kappa shape index (κ2) is 6.61. The highest BCUT2D eigenvalue weighted by Crippen LogP contribution is 2.73. The monoisotopic (exact) mass is 463 g/mol. The number of halogens is 1. The summed E-state index contributed by atoms with van der Waals surface area (Å²) in [7, 11) is 5.20. The summed E-state index contributed by atoms with van der Waals surface area (Å²) in [5, 5.41) is 0. The van der Waals surface area contributed by atoms with Gasteiger partial charge in [0.1, 0.15) is 11.5 Å². The van der Waals surface area contributed by atoms with E-state index in [1.807, 2.05) is 43.4 Å². The second-order valence-corrected chi connectivity index (χ2v) is 8.89. The highest BCUT2D eigenvalue weighted by atomic mass is 79.9. The van der Waals surface area contributed by atoms with Gasteiger partial charge in [-0.05, 0) is 65.6 Å². The quantitative estimate of drug-likeness (QED) is 0.541. The molecule has 0 radical (unpaired) electrons. The molecule has 152 valence electrons. The largest absolute Gasteiger partial charge is 0.497 e. The fourth-order valence-electron chi connectivity index (χ4n) is 5.20. The minimum Gasteiger partial charge on any atom is -0.497 e. The number of benzene rings is 3. The van der Waals surface area contributed by atoms with Crippen molar-refractivity contribution in [1.82, 2.24) is 0 Å². The van der Waals surface area contributed by atoms with E-state index >= 15 is 0 Å². The van der Waals surface area contributed by atoms with Gasteiger partial charge in [-0.1, -0.05) is 40.2 Å². The molecule has 0 aromatic heterocycles. The molecule has 1 atom stereocenters. The highest BCUT2D eigenvalue weighted by molar-refractivity contribution is 9.10. The maximum absolute atomic E-state index is 13.7. The second-order valence-electron chi connectivity index (χ2n) is 7.97. The maximum Gasteiger partial charge on any atom is 0.238 e. The van der Waals surface area contributed by atoms with E-state index in [1.54, 1.807) is 19.1 Å². The molecule has 1 spiro atoms. The molecule has 4 nitrogen and oxygen atoms in total. The van der Waals surface area contributed by atoms with Crippen LogP contribution < -0.4 is 14.4 Å². The van der Waals surface area contributed by atoms with Crippen molar-refractivity contribution >= 4 is 27.5 Å². The third-order valence-corrected chi connectivity index (χ3v) is 7.24. The predicted molar refractivity (Wildman–Crippen MR) is 121 cm³/mol. The van der Waals surface area contributed by atoms with Gasteiger partial charge in [-0.25, -0.2) is 0 Å². The van der Waals surface area contributed by atoms with E-state index in [9.17, 15) is 4.79 Å². The number of fused-ring (bicyclic) bond motifs is 2. The van der Waals surface area contributed by atoms with Gasteiger partial charge in [0.15, 0.2) is 0 Å². The van der Waals surface area contributed by atoms with Crippen LogP contribution >= 0.6 is 15.9 Å². The molecule has 5 rings (SSSR count). The number of hydrogen-bond acceptors (Lipinski definition) is 3. The Bertz CT molecular complexity index is 1090. The first-order chi connectivity index (χ1) is 14.5. The van der Waals surface area contributed by atoms with Crippen molar-refractivity contribution in [2.75, 3.05) is 26.2 Å². The highest BCUT2D eigenvalue weighted by Gasteiger charge is 2.77. The average molecular weight is 464 g/mol. The van der Waals surface area contributed by atoms with Gasteiger partial charge in [0.05, 0.1) is 19.6 Å². The summed E-state index contributed by atoms with van der Waals surface area (Å²) in [6, 6.07) is 22.3. The van der Waals surface area contributed by atoms with Crippen LogP contribution in [0.4, 0.5) is 5.69 Å². The van der Waals surface area contributed by atoms with Gasteiger partial charge in [-0.15, -0.1) is 0 Å². The molecule has 1 heterocycles. The Morgan fingerprint density at radius 2 is 1.37 bits per heavy atom. The molecule has 1 unspecified atom stereocenters. The molecule has 1 aliphatic carbocycles. The van der Waals surface area contributed by atoms with Crippen molar-refractivity contribution in [2.24, 2.45) is 0 Å². The Morgan fingerprint density at radius 3 is 1.87 bits per heavy atom. The van der Waals surface area contributed by atoms with Crippen LogP contribution in [-0.4, -0.2) is 27.2 Å². The number of carbonyl (C=O) groups is 1. The van der Waals surface area contributed by atoms with E-state index in [0.717, 1.165) is 44.8 Å². The number of anilines is 1. The van der Waals surface area contributed by atoms with Gasteiger partial charge in [-0.2, -0.15) is 0 Å². The van der Waals surface area contributed by atoms with Crippen LogP contribution in [0.2, 0.25) is 0 Å². The van der Waals surface area contributed by atoms with Crippen molar-refractivity contribution in [2.45, 2.75) is 17.3 Å². The van der Waals surface area contributed by atoms with Crippen molar-refractivity contribution in [3.05, 3.63) is 87.9 Å². The lowest BCUT2D eigenvalue weighted by Crippen LogP contribution is -2.34. The molecule has 0 saturated heterocycles. The predicted octanol–water partition coefficient (Wildman–Crippen LogP) is 5.07. The molecule has 0 N–H and O–H groups in total. The fraction of sp³-hybridized carbons (Fsp3) is 0.240. The molecule has 1 saturated carbocycles. The Morgan fingerprint density at radius 1 is 0.833 bits per heavy atom. The zero-order valence-electron chi connectivity index (χ0n) is 17.1. The van der Waals surface area contributed by atoms with Crippen LogP contribution in [0, 0.1) is 0 Å². The molecule has 1 fully saturated rings. The summed E-state index contributed by atoms with van der Waals surface area (Å²) in [6.07, 6.45) is 0.727. The summed E-state index contributed by atoms with van der Waals surface area (Å²) in [6.45, 7) is 0. The minimum absolute atomic E-state index is 0.141. The number of hydrogen-bond donors (Lipinski definition) is 0. The van der Waals surface area contributed by atoms with Crippen molar-refractivity contribution in [3.8, 4) is 11.5 Å². The molecule has 1 amide bonds. The van der Waals surface area contributed by atoms with Gasteiger partial charge in [0, 0.05) is 22.6 Å². The number of nitrogens with zero attached hydrogens (tertiary/aromatic N) is 1. The third kappa shape index (κ3) is 2.36. The molecule has 1 aliphatic heterocycles. The lowest BCUT2D eigenvalue weighted by Gasteiger charge is -2.24. The summed E-state index contributed by atoms with van der Waals surface area (Å²) in [5.41, 5.74) is 3.22. The van der Waals surface area contributed by atoms with E-state index in [2.05, 4.69) is 46.3 Å². The minimum atomic E-state index is -0.621. The van der Waals surface area contributed by atoms with Crippen LogP contribution in [0.25, 0.3) is 0 Å². The summed E-state index contributed by atoms with van der Waals surface area (Å²) in [4.78, 5) is 15.5. The standard InChI is InChI=1S/C25H22BrNO3/c1-27-22-13-8-18(26)14-21(22)25(23(27)28)15-24(25,16-4-9-19(29-2)10-5-16)17-6-11-20(30-3)12-7-17/h4-14H,15H2,1-3H3. The first kappa shape index (κ1) is 19.2. The summed E-state index contributed by atoms with van der Waals surface area (Å²) < 4.78 is 11.7. The summed E-state index contributed by atoms with van der Waals surface area (Å²) >= 11 is 3.61. The van der Waals surface area contributed by atoms with Gasteiger partial charge in [0.2, 0.25) is 5.91 Å². The number of methoxy groups -OCH3 is 2. The smallest absolute Gasteiger partial charge is 0.238 e. The number of rotatable bonds is 4. The SMILES string of the molecule is COc1ccc(C2(c3ccc(OC)cc3)CC23C(=O)N(C)c2ccc(Br)cc23)cc1. The Hall–Kier alpha value is -2.79. The van der Waals surface area contributed by atoms with Crippen molar-refractivity contribution in [3.63, 3.8) is 0 Å². The molecule has 30 heavy (non-hydrogen) atoms. The van der Waals surface area contributed by atoms with Crippen LogP contribution in [0.3, 0.4) is 0 Å². The third-order valence-electron chi connectivity index (χ3n) is 6.75. The zero-order chi connectivity index (χ0) is 21.1. The van der Waals surface area contributed by atoms with Crippen molar-refractivity contribution < 1.29 is 14.3 Å². The number of amides is 1. The molecule has 2 aliphatic rings. The van der Waals surface area contributed by atoms with Crippen LogP contribution in [0.5, 0.6) is 11.5 Å². The maximum atomic E-state index is 13.7. The van der Waals surface area contributed by atoms with Crippen LogP contribution in [-0.2, 0) is 15.6 Å². The topological polar surface area (TPSA) is 38.8 Å². The molecule has 3 aromatic carbocycles. The Kier molecular flexibility index (Phi) is 4.23. The first-order valence-electron chi connectivity index (χ1n) is 9.85. The Labute approximate surface area is 184 Å². The van der Waals surface area contributed by atoms with Gasteiger partial charge < -0.3 is 14.4 Å². The zero-order valence-corrected chi connectivity index (χ0v) is 18.7. The van der Waals surface area contributed by atoms with Crippen LogP contribution in [0.15, 0.2) is 71.2 Å². The van der Waals surface area contributed by atoms with E-state index in [0.29, 0.717) is 0 Å². The first-order valence-corrected chi connectivity index (χ1v) is 10.6. The molecular formula is C25H22BrNO3. The fourth-order valence-corrected chi connectivity index (χ4v) is 5.57. The molecule has 0 bridgehead atoms. The molecule has 3 aromatic rings. The van der Waals surface area contributed by atoms with Gasteiger partial charge in [-0.3, -0.25) is 4.79 Å². The number of carbonyl (C=O) groups excluding carboxylic acids is 1. The number of likely N-dealkylation sites (N-methyl/N-ethyl adjacent to an activating group) is 1. The lowest BCUT2D eigenvalue weighted by molar-refractivity contribution is -0.120. The number of ether oxygens (including phenoxy) is 2. The van der Waals surface area contributed by atoms with Gasteiger partial charge >= 0.3 is 0 Å².